The van der Waals surface area contributed by atoms with Gasteiger partial charge in [0.15, 0.2) is 0 Å². The van der Waals surface area contributed by atoms with Gasteiger partial charge in [-0.1, -0.05) is 13.2 Å². The van der Waals surface area contributed by atoms with Crippen LogP contribution in [0.4, 0.5) is 0 Å². The highest BCUT2D eigenvalue weighted by atomic mass is 16.5. The standard InChI is InChI=1S/C7H13NO2.C6H9NO/c1-6(2)7(9)10-5-4-8-3;1-2-7-5-3-4-6(7)8/h8H,1,4-5H2,2-3H3;2H,1,3-5H2. The number of nitrogens with zero attached hydrogens (tertiary/aromatic N) is 1. The van der Waals surface area contributed by atoms with Crippen molar-refractivity contribution in [2.24, 2.45) is 0 Å². The number of esters is 1. The Morgan fingerprint density at radius 3 is 2.61 bits per heavy atom. The Hall–Kier alpha value is -1.62. The summed E-state index contributed by atoms with van der Waals surface area (Å²) in [7, 11) is 1.80. The molecule has 5 heteroatoms. The van der Waals surface area contributed by atoms with Crippen LogP contribution in [0.5, 0.6) is 0 Å². The zero-order valence-corrected chi connectivity index (χ0v) is 11.2. The van der Waals surface area contributed by atoms with Crippen molar-refractivity contribution in [1.29, 1.82) is 0 Å². The quantitative estimate of drug-likeness (QED) is 0.453. The average Bonchev–Trinajstić information content (AvgIpc) is 2.75. The fourth-order valence-electron chi connectivity index (χ4n) is 1.23. The highest BCUT2D eigenvalue weighted by molar-refractivity contribution is 5.86. The Morgan fingerprint density at radius 1 is 1.61 bits per heavy atom. The molecule has 1 aliphatic heterocycles. The monoisotopic (exact) mass is 254 g/mol. The molecule has 0 atom stereocenters. The molecule has 0 radical (unpaired) electrons. The second-order valence-electron chi connectivity index (χ2n) is 3.89. The molecule has 18 heavy (non-hydrogen) atoms. The molecule has 1 rings (SSSR count). The molecular formula is C13H22N2O3. The Balaban J connectivity index is 0.000000327. The van der Waals surface area contributed by atoms with E-state index in [1.165, 1.54) is 0 Å². The largest absolute Gasteiger partial charge is 0.461 e. The van der Waals surface area contributed by atoms with Crippen LogP contribution in [0.25, 0.3) is 0 Å². The van der Waals surface area contributed by atoms with Crippen molar-refractivity contribution in [3.8, 4) is 0 Å². The Kier molecular flexibility index (Phi) is 8.57. The summed E-state index contributed by atoms with van der Waals surface area (Å²) in [5, 5.41) is 2.86. The first-order valence-corrected chi connectivity index (χ1v) is 5.92. The third-order valence-corrected chi connectivity index (χ3v) is 2.26. The van der Waals surface area contributed by atoms with Crippen LogP contribution in [-0.2, 0) is 14.3 Å². The molecule has 1 fully saturated rings. The number of ether oxygens (including phenoxy) is 1. The number of carbonyl (C=O) groups excluding carboxylic acids is 2. The number of rotatable bonds is 5. The maximum atomic E-state index is 10.7. The third-order valence-electron chi connectivity index (χ3n) is 2.26. The lowest BCUT2D eigenvalue weighted by Crippen LogP contribution is -2.17. The van der Waals surface area contributed by atoms with Crippen molar-refractivity contribution in [1.82, 2.24) is 10.2 Å². The van der Waals surface area contributed by atoms with Crippen LogP contribution in [-0.4, -0.2) is 43.5 Å². The van der Waals surface area contributed by atoms with Gasteiger partial charge < -0.3 is 15.0 Å². The lowest BCUT2D eigenvalue weighted by Gasteiger charge is -2.05. The zero-order chi connectivity index (χ0) is 14.0. The van der Waals surface area contributed by atoms with Gasteiger partial charge in [-0.15, -0.1) is 0 Å². The molecule has 0 unspecified atom stereocenters. The van der Waals surface area contributed by atoms with Crippen molar-refractivity contribution in [2.75, 3.05) is 26.7 Å². The molecule has 0 saturated carbocycles. The van der Waals surface area contributed by atoms with Gasteiger partial charge in [0.2, 0.25) is 5.91 Å². The third kappa shape index (κ3) is 6.85. The lowest BCUT2D eigenvalue weighted by molar-refractivity contribution is -0.138. The Bertz CT molecular complexity index is 313. The number of likely N-dealkylation sites (tertiary alicyclic amines) is 1. The van der Waals surface area contributed by atoms with E-state index in [1.807, 2.05) is 0 Å². The number of likely N-dealkylation sites (N-methyl/N-ethyl adjacent to an activating group) is 1. The van der Waals surface area contributed by atoms with E-state index < -0.39 is 0 Å². The van der Waals surface area contributed by atoms with Gasteiger partial charge in [-0.3, -0.25) is 4.79 Å². The predicted octanol–water partition coefficient (Wildman–Crippen LogP) is 1.08. The van der Waals surface area contributed by atoms with Crippen LogP contribution in [0.15, 0.2) is 24.9 Å². The molecule has 0 aromatic rings. The summed E-state index contributed by atoms with van der Waals surface area (Å²) in [4.78, 5) is 23.0. The van der Waals surface area contributed by atoms with Crippen molar-refractivity contribution in [3.63, 3.8) is 0 Å². The van der Waals surface area contributed by atoms with Gasteiger partial charge in [0, 0.05) is 25.1 Å². The minimum Gasteiger partial charge on any atom is -0.461 e. The molecular weight excluding hydrogens is 232 g/mol. The highest BCUT2D eigenvalue weighted by Gasteiger charge is 2.15. The second-order valence-corrected chi connectivity index (χ2v) is 3.89. The van der Waals surface area contributed by atoms with Gasteiger partial charge in [0.05, 0.1) is 0 Å². The summed E-state index contributed by atoms with van der Waals surface area (Å²) in [5.41, 5.74) is 0.441. The minimum atomic E-state index is -0.324. The van der Waals surface area contributed by atoms with Crippen LogP contribution in [0.1, 0.15) is 19.8 Å². The van der Waals surface area contributed by atoms with E-state index in [4.69, 9.17) is 4.74 Å². The first-order valence-electron chi connectivity index (χ1n) is 5.92. The molecule has 1 heterocycles. The number of carbonyl (C=O) groups is 2. The summed E-state index contributed by atoms with van der Waals surface area (Å²) in [5.74, 6) is -0.116. The Labute approximate surface area is 108 Å². The van der Waals surface area contributed by atoms with E-state index in [1.54, 1.807) is 25.1 Å². The topological polar surface area (TPSA) is 58.6 Å². The van der Waals surface area contributed by atoms with E-state index in [9.17, 15) is 9.59 Å². The van der Waals surface area contributed by atoms with Gasteiger partial charge in [0.1, 0.15) is 6.61 Å². The molecule has 0 bridgehead atoms. The molecule has 1 aliphatic rings. The number of nitrogens with one attached hydrogen (secondary N) is 1. The van der Waals surface area contributed by atoms with Crippen LogP contribution >= 0.6 is 0 Å². The smallest absolute Gasteiger partial charge is 0.333 e. The molecule has 1 amide bonds. The molecule has 0 aliphatic carbocycles. The maximum absolute atomic E-state index is 10.7. The number of hydrogen-bond donors (Lipinski definition) is 1. The molecule has 1 saturated heterocycles. The normalized spacial score (nSPS) is 13.7. The Morgan fingerprint density at radius 2 is 2.28 bits per heavy atom. The molecule has 0 aromatic carbocycles. The van der Waals surface area contributed by atoms with Crippen LogP contribution in [0, 0.1) is 0 Å². The van der Waals surface area contributed by atoms with Gasteiger partial charge in [-0.25, -0.2) is 4.79 Å². The lowest BCUT2D eigenvalue weighted by atomic mass is 10.4. The molecule has 5 nitrogen and oxygen atoms in total. The SMILES string of the molecule is C=C(C)C(=O)OCCNC.C=CN1CCCC1=O. The fourth-order valence-corrected chi connectivity index (χ4v) is 1.23. The predicted molar refractivity (Wildman–Crippen MR) is 70.8 cm³/mol. The first-order chi connectivity index (χ1) is 8.52. The van der Waals surface area contributed by atoms with Gasteiger partial charge >= 0.3 is 5.97 Å². The highest BCUT2D eigenvalue weighted by Crippen LogP contribution is 2.08. The van der Waals surface area contributed by atoms with Crippen molar-refractivity contribution in [2.45, 2.75) is 19.8 Å². The number of amides is 1. The van der Waals surface area contributed by atoms with E-state index in [2.05, 4.69) is 18.5 Å². The van der Waals surface area contributed by atoms with E-state index >= 15 is 0 Å². The van der Waals surface area contributed by atoms with Crippen LogP contribution < -0.4 is 5.32 Å². The van der Waals surface area contributed by atoms with E-state index in [0.717, 1.165) is 13.0 Å². The van der Waals surface area contributed by atoms with E-state index in [-0.39, 0.29) is 11.9 Å². The van der Waals surface area contributed by atoms with Crippen molar-refractivity contribution in [3.05, 3.63) is 24.9 Å². The van der Waals surface area contributed by atoms with Crippen LogP contribution in [0.3, 0.4) is 0 Å². The number of hydrogen-bond acceptors (Lipinski definition) is 4. The van der Waals surface area contributed by atoms with Crippen molar-refractivity contribution >= 4 is 11.9 Å². The molecule has 1 N–H and O–H groups in total. The molecule has 102 valence electrons. The van der Waals surface area contributed by atoms with Gasteiger partial charge in [-0.2, -0.15) is 0 Å². The summed E-state index contributed by atoms with van der Waals surface area (Å²) < 4.78 is 4.74. The summed E-state index contributed by atoms with van der Waals surface area (Å²) in [6.07, 6.45) is 3.28. The fraction of sp³-hybridized carbons (Fsp3) is 0.538. The minimum absolute atomic E-state index is 0.208. The average molecular weight is 254 g/mol. The first kappa shape index (κ1) is 16.4. The van der Waals surface area contributed by atoms with Gasteiger partial charge in [-0.05, 0) is 26.6 Å². The van der Waals surface area contributed by atoms with E-state index in [0.29, 0.717) is 25.1 Å². The summed E-state index contributed by atoms with van der Waals surface area (Å²) >= 11 is 0. The summed E-state index contributed by atoms with van der Waals surface area (Å²) in [6.45, 7) is 10.5. The molecule has 0 aromatic heterocycles. The van der Waals surface area contributed by atoms with Crippen molar-refractivity contribution < 1.29 is 14.3 Å². The zero-order valence-electron chi connectivity index (χ0n) is 11.2. The van der Waals surface area contributed by atoms with Gasteiger partial charge in [0.25, 0.3) is 0 Å². The van der Waals surface area contributed by atoms with Crippen LogP contribution in [0.2, 0.25) is 0 Å². The maximum Gasteiger partial charge on any atom is 0.333 e. The molecule has 0 spiro atoms. The second kappa shape index (κ2) is 9.41. The summed E-state index contributed by atoms with van der Waals surface area (Å²) in [6, 6.07) is 0.